The van der Waals surface area contributed by atoms with Crippen molar-refractivity contribution in [2.45, 2.75) is 13.5 Å². The number of benzene rings is 3. The van der Waals surface area contributed by atoms with Gasteiger partial charge in [0.15, 0.2) is 11.5 Å². The monoisotopic (exact) mass is 520 g/mol. The van der Waals surface area contributed by atoms with Gasteiger partial charge in [0.25, 0.3) is 5.82 Å². The summed E-state index contributed by atoms with van der Waals surface area (Å²) in [5.74, 6) is 2.17. The van der Waals surface area contributed by atoms with Gasteiger partial charge >= 0.3 is 5.56 Å². The molecule has 0 atom stereocenters. The lowest BCUT2D eigenvalue weighted by Gasteiger charge is -2.17. The molecule has 0 fully saturated rings. The molecule has 184 valence electrons. The summed E-state index contributed by atoms with van der Waals surface area (Å²) in [5, 5.41) is 1.28. The second kappa shape index (κ2) is 11.0. The molecule has 1 aromatic heterocycles. The fourth-order valence-electron chi connectivity index (χ4n) is 3.71. The fourth-order valence-corrected chi connectivity index (χ4v) is 3.83. The van der Waals surface area contributed by atoms with Gasteiger partial charge in [0.1, 0.15) is 23.1 Å². The van der Waals surface area contributed by atoms with Crippen molar-refractivity contribution in [2.24, 2.45) is 0 Å². The molecule has 0 saturated carbocycles. The zero-order valence-corrected chi connectivity index (χ0v) is 20.6. The Balaban J connectivity index is 0.000000623. The lowest BCUT2D eigenvalue weighted by molar-refractivity contribution is -2.00. The molecule has 0 bridgehead atoms. The SMILES string of the molecule is COc1ccc(C[n+]2c(C)n(-c3ccc(Cl)cc3)c(=O)c3ccccc32)cc1OC.[O-][Cl+3]([O-])([O-])[O-]. The molecule has 0 N–H and O–H groups in total. The number of methoxy groups -OCH3 is 2. The summed E-state index contributed by atoms with van der Waals surface area (Å²) >= 11 is 6.05. The average molecular weight is 521 g/mol. The molecule has 9 nitrogen and oxygen atoms in total. The first-order chi connectivity index (χ1) is 16.5. The largest absolute Gasteiger partial charge is 0.493 e. The topological polar surface area (TPSA) is 137 Å². The summed E-state index contributed by atoms with van der Waals surface area (Å²) < 4.78 is 48.6. The molecule has 0 spiro atoms. The van der Waals surface area contributed by atoms with Gasteiger partial charge in [-0.25, -0.2) is 28.0 Å². The van der Waals surface area contributed by atoms with Crippen molar-refractivity contribution in [3.63, 3.8) is 0 Å². The predicted molar refractivity (Wildman–Crippen MR) is 118 cm³/mol. The molecule has 0 aliphatic carbocycles. The molecule has 1 heterocycles. The van der Waals surface area contributed by atoms with Gasteiger partial charge in [0, 0.05) is 11.9 Å². The summed E-state index contributed by atoms with van der Waals surface area (Å²) in [6.07, 6.45) is 0. The second-order valence-electron chi connectivity index (χ2n) is 7.33. The minimum absolute atomic E-state index is 0.0611. The molecule has 4 rings (SSSR count). The Kier molecular flexibility index (Phi) is 8.34. The Bertz CT molecular complexity index is 1380. The van der Waals surface area contributed by atoms with Crippen LogP contribution in [0.1, 0.15) is 11.4 Å². The first kappa shape index (κ1) is 26.4. The highest BCUT2D eigenvalue weighted by Crippen LogP contribution is 2.27. The lowest BCUT2D eigenvalue weighted by Crippen LogP contribution is -2.68. The van der Waals surface area contributed by atoms with Gasteiger partial charge in [0.2, 0.25) is 0 Å². The van der Waals surface area contributed by atoms with E-state index in [-0.39, 0.29) is 5.56 Å². The smallest absolute Gasteiger partial charge is 0.350 e. The molecule has 4 aromatic rings. The van der Waals surface area contributed by atoms with Crippen molar-refractivity contribution in [1.29, 1.82) is 0 Å². The number of hydrogen-bond donors (Lipinski definition) is 0. The average Bonchev–Trinajstić information content (AvgIpc) is 2.82. The maximum Gasteiger partial charge on any atom is 0.350 e. The standard InChI is InChI=1S/C24H22ClN2O3.ClHO4/c1-16-26(15-17-8-13-22(29-2)23(14-17)30-3)21-7-5-4-6-20(21)24(28)27(16)19-11-9-18(25)10-12-19;2-1(3,4)5/h4-14H,15H2,1-3H3;(H,2,3,4,5)/q+1;/p-1. The molecule has 0 unspecified atom stereocenters. The van der Waals surface area contributed by atoms with Crippen molar-refractivity contribution in [1.82, 2.24) is 4.57 Å². The van der Waals surface area contributed by atoms with Crippen LogP contribution in [0.5, 0.6) is 11.5 Å². The van der Waals surface area contributed by atoms with E-state index in [4.69, 9.17) is 39.7 Å². The van der Waals surface area contributed by atoms with E-state index in [0.717, 1.165) is 22.6 Å². The maximum atomic E-state index is 13.3. The Morgan fingerprint density at radius 2 is 1.51 bits per heavy atom. The minimum atomic E-state index is -4.94. The van der Waals surface area contributed by atoms with Crippen LogP contribution in [-0.2, 0) is 6.54 Å². The quantitative estimate of drug-likeness (QED) is 0.325. The van der Waals surface area contributed by atoms with E-state index in [1.54, 1.807) is 30.9 Å². The summed E-state index contributed by atoms with van der Waals surface area (Å²) in [4.78, 5) is 13.3. The van der Waals surface area contributed by atoms with Gasteiger partial charge in [0.05, 0.1) is 14.2 Å². The van der Waals surface area contributed by atoms with E-state index in [9.17, 15) is 4.79 Å². The molecule has 35 heavy (non-hydrogen) atoms. The van der Waals surface area contributed by atoms with E-state index >= 15 is 0 Å². The van der Waals surface area contributed by atoms with Crippen LogP contribution in [0.3, 0.4) is 0 Å². The second-order valence-corrected chi connectivity index (χ2v) is 8.53. The van der Waals surface area contributed by atoms with Crippen molar-refractivity contribution in [3.8, 4) is 17.2 Å². The number of fused-ring (bicyclic) bond motifs is 1. The van der Waals surface area contributed by atoms with E-state index < -0.39 is 10.2 Å². The summed E-state index contributed by atoms with van der Waals surface area (Å²) in [5.41, 5.74) is 2.62. The first-order valence-corrected chi connectivity index (χ1v) is 11.8. The summed E-state index contributed by atoms with van der Waals surface area (Å²) in [7, 11) is -1.71. The van der Waals surface area contributed by atoms with Crippen LogP contribution >= 0.6 is 11.6 Å². The van der Waals surface area contributed by atoms with Gasteiger partial charge in [-0.3, -0.25) is 0 Å². The van der Waals surface area contributed by atoms with Crippen LogP contribution in [0.4, 0.5) is 0 Å². The number of halogens is 2. The molecule has 0 radical (unpaired) electrons. The van der Waals surface area contributed by atoms with Gasteiger partial charge in [-0.15, -0.1) is 10.2 Å². The number of rotatable bonds is 5. The number of nitrogens with zero attached hydrogens (tertiary/aromatic N) is 2. The third-order valence-electron chi connectivity index (χ3n) is 5.22. The van der Waals surface area contributed by atoms with Crippen LogP contribution in [-0.4, -0.2) is 18.8 Å². The van der Waals surface area contributed by atoms with Crippen molar-refractivity contribution < 1.29 is 42.9 Å². The zero-order chi connectivity index (χ0) is 25.8. The van der Waals surface area contributed by atoms with Crippen molar-refractivity contribution >= 4 is 22.5 Å². The van der Waals surface area contributed by atoms with E-state index in [2.05, 4.69) is 4.57 Å². The van der Waals surface area contributed by atoms with Gasteiger partial charge < -0.3 is 9.47 Å². The summed E-state index contributed by atoms with van der Waals surface area (Å²) in [6, 6.07) is 20.8. The number of para-hydroxylation sites is 1. The molecule has 0 aliphatic heterocycles. The van der Waals surface area contributed by atoms with E-state index in [0.29, 0.717) is 28.5 Å². The Morgan fingerprint density at radius 1 is 0.914 bits per heavy atom. The predicted octanol–water partition coefficient (Wildman–Crippen LogP) is -0.450. The van der Waals surface area contributed by atoms with Crippen LogP contribution in [0, 0.1) is 17.2 Å². The molecule has 0 aliphatic rings. The highest BCUT2D eigenvalue weighted by Gasteiger charge is 2.22. The molecule has 0 saturated heterocycles. The van der Waals surface area contributed by atoms with Crippen LogP contribution in [0.15, 0.2) is 71.5 Å². The van der Waals surface area contributed by atoms with E-state index in [1.807, 2.05) is 61.5 Å². The minimum Gasteiger partial charge on any atom is -0.493 e. The molecular formula is C24H22Cl2N2O7. The fraction of sp³-hybridized carbons (Fsp3) is 0.167. The van der Waals surface area contributed by atoms with Crippen LogP contribution < -0.4 is 38.2 Å². The Labute approximate surface area is 208 Å². The molecule has 11 heteroatoms. The maximum absolute atomic E-state index is 13.3. The Hall–Kier alpha value is -3.18. The van der Waals surface area contributed by atoms with Crippen LogP contribution in [0.2, 0.25) is 5.02 Å². The van der Waals surface area contributed by atoms with Gasteiger partial charge in [-0.1, -0.05) is 29.8 Å². The number of aromatic nitrogens is 2. The zero-order valence-electron chi connectivity index (χ0n) is 19.1. The normalized spacial score (nSPS) is 11.1. The highest BCUT2D eigenvalue weighted by atomic mass is 35.7. The molecular weight excluding hydrogens is 499 g/mol. The molecule has 0 amide bonds. The van der Waals surface area contributed by atoms with Crippen molar-refractivity contribution in [3.05, 3.63) is 93.5 Å². The van der Waals surface area contributed by atoms with E-state index in [1.165, 1.54) is 0 Å². The number of hydrogen-bond acceptors (Lipinski definition) is 7. The third-order valence-corrected chi connectivity index (χ3v) is 5.47. The van der Waals surface area contributed by atoms with Gasteiger partial charge in [-0.2, -0.15) is 4.57 Å². The third kappa shape index (κ3) is 6.49. The van der Waals surface area contributed by atoms with Crippen molar-refractivity contribution in [2.75, 3.05) is 14.2 Å². The highest BCUT2D eigenvalue weighted by molar-refractivity contribution is 6.30. The van der Waals surface area contributed by atoms with Gasteiger partial charge in [-0.05, 0) is 54.1 Å². The lowest BCUT2D eigenvalue weighted by atomic mass is 10.1. The first-order valence-electron chi connectivity index (χ1n) is 10.2. The molecule has 3 aromatic carbocycles. The van der Waals surface area contributed by atoms with Crippen LogP contribution in [0.25, 0.3) is 16.6 Å². The summed E-state index contributed by atoms with van der Waals surface area (Å²) in [6.45, 7) is 2.52. The number of ether oxygens (including phenoxy) is 2. The Morgan fingerprint density at radius 3 is 2.11 bits per heavy atom.